The van der Waals surface area contributed by atoms with Crippen molar-refractivity contribution in [2.24, 2.45) is 5.92 Å². The Hall–Kier alpha value is -0.940. The average molecular weight is 278 g/mol. The van der Waals surface area contributed by atoms with Gasteiger partial charge in [-0.15, -0.1) is 0 Å². The highest BCUT2D eigenvalue weighted by Gasteiger charge is 2.32. The molecule has 1 aromatic rings. The maximum Gasteiger partial charge on any atom is 0.240 e. The molecule has 1 aromatic heterocycles. The second-order valence-electron chi connectivity index (χ2n) is 6.23. The summed E-state index contributed by atoms with van der Waals surface area (Å²) >= 11 is 0. The van der Waals surface area contributed by atoms with E-state index in [4.69, 9.17) is 4.52 Å². The first kappa shape index (κ1) is 14.0. The van der Waals surface area contributed by atoms with Crippen molar-refractivity contribution in [2.45, 2.75) is 70.5 Å². The zero-order chi connectivity index (χ0) is 13.8. The lowest BCUT2D eigenvalue weighted by Crippen LogP contribution is -2.50. The van der Waals surface area contributed by atoms with Crippen LogP contribution in [0.1, 0.15) is 56.7 Å². The largest absolute Gasteiger partial charge is 0.338 e. The van der Waals surface area contributed by atoms with Crippen LogP contribution in [0.3, 0.4) is 0 Å². The molecule has 0 spiro atoms. The molecular weight excluding hydrogens is 252 g/mol. The van der Waals surface area contributed by atoms with Crippen LogP contribution in [-0.4, -0.2) is 28.8 Å². The molecule has 2 aliphatic rings. The molecule has 5 heteroatoms. The van der Waals surface area contributed by atoms with E-state index in [1.807, 2.05) is 6.92 Å². The van der Waals surface area contributed by atoms with Gasteiger partial charge in [-0.3, -0.25) is 0 Å². The van der Waals surface area contributed by atoms with E-state index in [2.05, 4.69) is 20.8 Å². The molecule has 20 heavy (non-hydrogen) atoms. The third-order valence-corrected chi connectivity index (χ3v) is 4.77. The van der Waals surface area contributed by atoms with Gasteiger partial charge in [-0.1, -0.05) is 24.4 Å². The molecule has 0 bridgehead atoms. The number of hydrogen-bond acceptors (Lipinski definition) is 5. The molecular formula is C15H26N4O. The Labute approximate surface area is 120 Å². The van der Waals surface area contributed by atoms with Crippen molar-refractivity contribution in [1.29, 1.82) is 0 Å². The first-order chi connectivity index (χ1) is 9.83. The van der Waals surface area contributed by atoms with Crippen LogP contribution in [0, 0.1) is 12.8 Å². The summed E-state index contributed by atoms with van der Waals surface area (Å²) in [5, 5.41) is 11.2. The molecule has 0 radical (unpaired) electrons. The van der Waals surface area contributed by atoms with Gasteiger partial charge < -0.3 is 15.2 Å². The van der Waals surface area contributed by atoms with E-state index in [9.17, 15) is 0 Å². The number of nitrogens with zero attached hydrogens (tertiary/aromatic N) is 2. The number of rotatable bonds is 4. The molecule has 2 N–H and O–H groups in total. The van der Waals surface area contributed by atoms with Crippen LogP contribution in [0.2, 0.25) is 0 Å². The molecule has 5 nitrogen and oxygen atoms in total. The molecule has 0 aromatic carbocycles. The summed E-state index contributed by atoms with van der Waals surface area (Å²) in [5.41, 5.74) is 0. The highest BCUT2D eigenvalue weighted by Crippen LogP contribution is 2.30. The van der Waals surface area contributed by atoms with Gasteiger partial charge >= 0.3 is 0 Å². The molecule has 3 atom stereocenters. The summed E-state index contributed by atoms with van der Waals surface area (Å²) in [7, 11) is 0. The summed E-state index contributed by atoms with van der Waals surface area (Å²) < 4.78 is 5.20. The van der Waals surface area contributed by atoms with Gasteiger partial charge in [0.05, 0.1) is 6.54 Å². The van der Waals surface area contributed by atoms with Gasteiger partial charge in [0, 0.05) is 12.1 Å². The number of piperidine rings is 1. The Balaban J connectivity index is 1.57. The van der Waals surface area contributed by atoms with Crippen LogP contribution in [-0.2, 0) is 6.54 Å². The summed E-state index contributed by atoms with van der Waals surface area (Å²) in [4.78, 5) is 4.28. The maximum absolute atomic E-state index is 5.20. The smallest absolute Gasteiger partial charge is 0.240 e. The fourth-order valence-corrected chi connectivity index (χ4v) is 3.77. The second kappa shape index (κ2) is 6.68. The topological polar surface area (TPSA) is 63.0 Å². The summed E-state index contributed by atoms with van der Waals surface area (Å²) in [6, 6.07) is 1.29. The van der Waals surface area contributed by atoms with Gasteiger partial charge in [-0.05, 0) is 45.1 Å². The number of aromatic nitrogens is 2. The number of hydrogen-bond donors (Lipinski definition) is 2. The molecule has 1 saturated heterocycles. The lowest BCUT2D eigenvalue weighted by molar-refractivity contribution is 0.177. The third-order valence-electron chi connectivity index (χ3n) is 4.77. The van der Waals surface area contributed by atoms with E-state index in [1.54, 1.807) is 0 Å². The summed E-state index contributed by atoms with van der Waals surface area (Å²) in [5.74, 6) is 2.19. The van der Waals surface area contributed by atoms with Gasteiger partial charge in [-0.25, -0.2) is 0 Å². The van der Waals surface area contributed by atoms with Crippen molar-refractivity contribution in [1.82, 2.24) is 20.8 Å². The second-order valence-corrected chi connectivity index (χ2v) is 6.23. The van der Waals surface area contributed by atoms with Gasteiger partial charge in [0.25, 0.3) is 0 Å². The molecule has 1 saturated carbocycles. The molecule has 1 aliphatic carbocycles. The standard InChI is InChI=1S/C15H26N4O/c1-11-18-15(20-19-11)10-17-14-7-3-2-6-12(14)13-8-4-5-9-16-13/h12-14,16-17H,2-10H2,1H3. The average Bonchev–Trinajstić information content (AvgIpc) is 2.92. The van der Waals surface area contributed by atoms with Crippen LogP contribution >= 0.6 is 0 Å². The Bertz CT molecular complexity index is 414. The quantitative estimate of drug-likeness (QED) is 0.884. The normalized spacial score (nSPS) is 31.4. The summed E-state index contributed by atoms with van der Waals surface area (Å²) in [6.07, 6.45) is 9.38. The predicted molar refractivity (Wildman–Crippen MR) is 77.3 cm³/mol. The van der Waals surface area contributed by atoms with Gasteiger partial charge in [-0.2, -0.15) is 4.98 Å². The third kappa shape index (κ3) is 3.38. The van der Waals surface area contributed by atoms with E-state index in [-0.39, 0.29) is 0 Å². The van der Waals surface area contributed by atoms with E-state index >= 15 is 0 Å². The van der Waals surface area contributed by atoms with Gasteiger partial charge in [0.2, 0.25) is 5.89 Å². The van der Waals surface area contributed by atoms with Crippen LogP contribution in [0.15, 0.2) is 4.52 Å². The molecule has 1 aliphatic heterocycles. The Kier molecular flexibility index (Phi) is 4.68. The van der Waals surface area contributed by atoms with Crippen molar-refractivity contribution in [2.75, 3.05) is 6.54 Å². The molecule has 0 amide bonds. The fourth-order valence-electron chi connectivity index (χ4n) is 3.77. The Morgan fingerprint density at radius 2 is 2.05 bits per heavy atom. The summed E-state index contributed by atoms with van der Waals surface area (Å²) in [6.45, 7) is 3.76. The Morgan fingerprint density at radius 1 is 1.20 bits per heavy atom. The first-order valence-electron chi connectivity index (χ1n) is 8.09. The number of nitrogens with one attached hydrogen (secondary N) is 2. The minimum atomic E-state index is 0.589. The van der Waals surface area contributed by atoms with Gasteiger partial charge in [0.1, 0.15) is 0 Å². The fraction of sp³-hybridized carbons (Fsp3) is 0.867. The molecule has 3 rings (SSSR count). The lowest BCUT2D eigenvalue weighted by atomic mass is 9.77. The van der Waals surface area contributed by atoms with Gasteiger partial charge in [0.15, 0.2) is 5.82 Å². The molecule has 2 fully saturated rings. The highest BCUT2D eigenvalue weighted by molar-refractivity contribution is 4.92. The van der Waals surface area contributed by atoms with Crippen LogP contribution in [0.5, 0.6) is 0 Å². The zero-order valence-corrected chi connectivity index (χ0v) is 12.4. The highest BCUT2D eigenvalue weighted by atomic mass is 16.5. The number of aryl methyl sites for hydroxylation is 1. The van der Waals surface area contributed by atoms with Crippen molar-refractivity contribution in [3.63, 3.8) is 0 Å². The van der Waals surface area contributed by atoms with E-state index in [0.29, 0.717) is 24.5 Å². The van der Waals surface area contributed by atoms with Crippen molar-refractivity contribution < 1.29 is 4.52 Å². The molecule has 3 unspecified atom stereocenters. The predicted octanol–water partition coefficient (Wildman–Crippen LogP) is 2.17. The zero-order valence-electron chi connectivity index (χ0n) is 12.4. The molecule has 2 heterocycles. The monoisotopic (exact) mass is 278 g/mol. The SMILES string of the molecule is Cc1noc(CNC2CCCCC2C2CCCCN2)n1. The molecule has 112 valence electrons. The van der Waals surface area contributed by atoms with E-state index < -0.39 is 0 Å². The van der Waals surface area contributed by atoms with Crippen LogP contribution in [0.25, 0.3) is 0 Å². The first-order valence-corrected chi connectivity index (χ1v) is 8.09. The van der Waals surface area contributed by atoms with Crippen LogP contribution < -0.4 is 10.6 Å². The van der Waals surface area contributed by atoms with E-state index in [1.165, 1.54) is 51.5 Å². The minimum absolute atomic E-state index is 0.589. The van der Waals surface area contributed by atoms with Crippen LogP contribution in [0.4, 0.5) is 0 Å². The lowest BCUT2D eigenvalue weighted by Gasteiger charge is -2.39. The van der Waals surface area contributed by atoms with Crippen molar-refractivity contribution >= 4 is 0 Å². The van der Waals surface area contributed by atoms with E-state index in [0.717, 1.165) is 11.7 Å². The van der Waals surface area contributed by atoms with Crippen molar-refractivity contribution in [3.05, 3.63) is 11.7 Å². The van der Waals surface area contributed by atoms with Crippen molar-refractivity contribution in [3.8, 4) is 0 Å². The maximum atomic E-state index is 5.20. The Morgan fingerprint density at radius 3 is 2.80 bits per heavy atom. The minimum Gasteiger partial charge on any atom is -0.338 e.